The molecule has 1 N–H and O–H groups in total. The van der Waals surface area contributed by atoms with Gasteiger partial charge >= 0.3 is 0 Å². The van der Waals surface area contributed by atoms with Crippen molar-refractivity contribution in [2.24, 2.45) is 0 Å². The lowest BCUT2D eigenvalue weighted by molar-refractivity contribution is 0.603. The average Bonchev–Trinajstić information content (AvgIpc) is 3.05. The van der Waals surface area contributed by atoms with Crippen molar-refractivity contribution in [2.45, 2.75) is 18.1 Å². The second kappa shape index (κ2) is 5.99. The van der Waals surface area contributed by atoms with E-state index in [1.165, 1.54) is 6.07 Å². The van der Waals surface area contributed by atoms with Gasteiger partial charge in [0.15, 0.2) is 0 Å². The van der Waals surface area contributed by atoms with Crippen LogP contribution in [0.5, 0.6) is 0 Å². The van der Waals surface area contributed by atoms with E-state index < -0.39 is 10.0 Å². The molecule has 0 saturated heterocycles. The van der Waals surface area contributed by atoms with Crippen molar-refractivity contribution in [3.63, 3.8) is 0 Å². The molecule has 120 valence electrons. The lowest BCUT2D eigenvalue weighted by Crippen LogP contribution is -2.11. The van der Waals surface area contributed by atoms with E-state index >= 15 is 0 Å². The molecule has 0 unspecified atom stereocenters. The van der Waals surface area contributed by atoms with Crippen molar-refractivity contribution < 1.29 is 8.42 Å². The van der Waals surface area contributed by atoms with Crippen LogP contribution in [0.4, 0.5) is 5.69 Å². The predicted molar refractivity (Wildman–Crippen MR) is 93.2 cm³/mol. The van der Waals surface area contributed by atoms with Gasteiger partial charge in [-0.05, 0) is 50.2 Å². The van der Waals surface area contributed by atoms with Crippen LogP contribution in [0.15, 0.2) is 46.7 Å². The molecular weight excluding hydrogens is 354 g/mol. The Hall–Kier alpha value is -1.83. The van der Waals surface area contributed by atoms with Gasteiger partial charge in [0.25, 0.3) is 10.0 Å². The monoisotopic (exact) mass is 367 g/mol. The lowest BCUT2D eigenvalue weighted by Gasteiger charge is -2.09. The summed E-state index contributed by atoms with van der Waals surface area (Å²) in [5.74, 6) is 0. The summed E-state index contributed by atoms with van der Waals surface area (Å²) in [5.41, 5.74) is 3.15. The van der Waals surface area contributed by atoms with Crippen LogP contribution in [-0.4, -0.2) is 18.2 Å². The van der Waals surface area contributed by atoms with E-state index in [1.807, 2.05) is 26.0 Å². The van der Waals surface area contributed by atoms with Crippen LogP contribution in [0.3, 0.4) is 0 Å². The number of nitrogens with one attached hydrogen (secondary N) is 1. The molecule has 0 radical (unpaired) electrons. The van der Waals surface area contributed by atoms with Gasteiger partial charge in [0.1, 0.15) is 4.21 Å². The highest BCUT2D eigenvalue weighted by Crippen LogP contribution is 2.27. The van der Waals surface area contributed by atoms with Gasteiger partial charge in [-0.15, -0.1) is 11.3 Å². The second-order valence-electron chi connectivity index (χ2n) is 5.05. The topological polar surface area (TPSA) is 64.0 Å². The zero-order valence-corrected chi connectivity index (χ0v) is 14.8. The smallest absolute Gasteiger partial charge is 0.271 e. The number of rotatable bonds is 4. The normalized spacial score (nSPS) is 11.6. The number of aromatic nitrogens is 2. The van der Waals surface area contributed by atoms with E-state index in [0.717, 1.165) is 28.4 Å². The Morgan fingerprint density at radius 1 is 1.17 bits per heavy atom. The Labute approximate surface area is 143 Å². The third-order valence-electron chi connectivity index (χ3n) is 3.17. The largest absolute Gasteiger partial charge is 0.279 e. The number of benzene rings is 1. The minimum absolute atomic E-state index is 0.180. The maximum Gasteiger partial charge on any atom is 0.271 e. The molecule has 0 fully saturated rings. The van der Waals surface area contributed by atoms with Gasteiger partial charge < -0.3 is 0 Å². The van der Waals surface area contributed by atoms with Crippen LogP contribution in [0, 0.1) is 13.8 Å². The molecule has 0 bridgehead atoms. The Morgan fingerprint density at radius 3 is 2.57 bits per heavy atom. The fourth-order valence-corrected chi connectivity index (χ4v) is 4.77. The highest BCUT2D eigenvalue weighted by molar-refractivity contribution is 7.94. The Morgan fingerprint density at radius 2 is 1.96 bits per heavy atom. The summed E-state index contributed by atoms with van der Waals surface area (Å²) in [7, 11) is -3.64. The van der Waals surface area contributed by atoms with Crippen LogP contribution < -0.4 is 4.72 Å². The van der Waals surface area contributed by atoms with Crippen LogP contribution in [-0.2, 0) is 10.0 Å². The SMILES string of the molecule is Cc1cc(C)n(-c2cccc(NS(=O)(=O)c3ccc(Cl)s3)c2)n1. The highest BCUT2D eigenvalue weighted by atomic mass is 35.5. The molecule has 8 heteroatoms. The summed E-state index contributed by atoms with van der Waals surface area (Å²) in [6.45, 7) is 3.86. The van der Waals surface area contributed by atoms with Gasteiger partial charge in [0, 0.05) is 5.69 Å². The maximum absolute atomic E-state index is 12.4. The summed E-state index contributed by atoms with van der Waals surface area (Å²) >= 11 is 6.83. The third-order valence-corrected chi connectivity index (χ3v) is 6.27. The van der Waals surface area contributed by atoms with Gasteiger partial charge in [-0.2, -0.15) is 5.10 Å². The Bertz CT molecular complexity index is 961. The molecule has 1 aromatic carbocycles. The highest BCUT2D eigenvalue weighted by Gasteiger charge is 2.17. The summed E-state index contributed by atoms with van der Waals surface area (Å²) in [6, 6.07) is 12.1. The summed E-state index contributed by atoms with van der Waals surface area (Å²) in [6.07, 6.45) is 0. The standard InChI is InChI=1S/C15H14ClN3O2S2/c1-10-8-11(2)19(17-10)13-5-3-4-12(9-13)18-23(20,21)15-7-6-14(16)22-15/h3-9,18H,1-2H3. The van der Waals surface area contributed by atoms with Crippen molar-refractivity contribution in [1.29, 1.82) is 0 Å². The number of anilines is 1. The number of aryl methyl sites for hydroxylation is 2. The van der Waals surface area contributed by atoms with Crippen LogP contribution in [0.1, 0.15) is 11.4 Å². The van der Waals surface area contributed by atoms with Crippen LogP contribution in [0.25, 0.3) is 5.69 Å². The van der Waals surface area contributed by atoms with Crippen molar-refractivity contribution >= 4 is 38.6 Å². The van der Waals surface area contributed by atoms with E-state index in [-0.39, 0.29) is 4.21 Å². The first-order valence-corrected chi connectivity index (χ1v) is 9.45. The van der Waals surface area contributed by atoms with Crippen LogP contribution >= 0.6 is 22.9 Å². The molecule has 2 heterocycles. The van der Waals surface area contributed by atoms with E-state index in [0.29, 0.717) is 10.0 Å². The predicted octanol–water partition coefficient (Wildman–Crippen LogP) is 4.00. The Kier molecular flexibility index (Phi) is 4.18. The summed E-state index contributed by atoms with van der Waals surface area (Å²) in [5, 5.41) is 4.40. The van der Waals surface area contributed by atoms with Gasteiger partial charge in [-0.3, -0.25) is 4.72 Å². The zero-order chi connectivity index (χ0) is 16.6. The molecule has 3 rings (SSSR count). The fraction of sp³-hybridized carbons (Fsp3) is 0.133. The molecule has 5 nitrogen and oxygen atoms in total. The number of hydrogen-bond acceptors (Lipinski definition) is 4. The number of thiophene rings is 1. The maximum atomic E-state index is 12.4. The molecule has 0 aliphatic rings. The van der Waals surface area contributed by atoms with E-state index in [2.05, 4.69) is 9.82 Å². The molecule has 3 aromatic rings. The van der Waals surface area contributed by atoms with E-state index in [9.17, 15) is 8.42 Å². The van der Waals surface area contributed by atoms with Crippen molar-refractivity contribution in [3.05, 3.63) is 58.2 Å². The first-order valence-electron chi connectivity index (χ1n) is 6.77. The first kappa shape index (κ1) is 16.0. The van der Waals surface area contributed by atoms with Gasteiger partial charge in [0.05, 0.1) is 21.4 Å². The molecule has 0 atom stereocenters. The number of hydrogen-bond donors (Lipinski definition) is 1. The first-order chi connectivity index (χ1) is 10.8. The van der Waals surface area contributed by atoms with Gasteiger partial charge in [-0.25, -0.2) is 13.1 Å². The minimum Gasteiger partial charge on any atom is -0.279 e. The average molecular weight is 368 g/mol. The number of sulfonamides is 1. The van der Waals surface area contributed by atoms with E-state index in [4.69, 9.17) is 11.6 Å². The summed E-state index contributed by atoms with van der Waals surface area (Å²) in [4.78, 5) is 0. The minimum atomic E-state index is -3.64. The molecule has 2 aromatic heterocycles. The third kappa shape index (κ3) is 3.41. The van der Waals surface area contributed by atoms with Crippen molar-refractivity contribution in [1.82, 2.24) is 9.78 Å². The quantitative estimate of drug-likeness (QED) is 0.757. The molecule has 0 aliphatic heterocycles. The van der Waals surface area contributed by atoms with Gasteiger partial charge in [-0.1, -0.05) is 17.7 Å². The molecular formula is C15H14ClN3O2S2. The Balaban J connectivity index is 1.93. The number of nitrogens with zero attached hydrogens (tertiary/aromatic N) is 2. The molecule has 0 saturated carbocycles. The molecule has 23 heavy (non-hydrogen) atoms. The number of halogens is 1. The summed E-state index contributed by atoms with van der Waals surface area (Å²) < 4.78 is 29.7. The van der Waals surface area contributed by atoms with Gasteiger partial charge in [0.2, 0.25) is 0 Å². The fourth-order valence-electron chi connectivity index (χ4n) is 2.24. The molecule has 0 spiro atoms. The second-order valence-corrected chi connectivity index (χ2v) is 8.68. The van der Waals surface area contributed by atoms with Crippen molar-refractivity contribution in [3.8, 4) is 5.69 Å². The van der Waals surface area contributed by atoms with E-state index in [1.54, 1.807) is 28.9 Å². The lowest BCUT2D eigenvalue weighted by atomic mass is 10.3. The zero-order valence-electron chi connectivity index (χ0n) is 12.4. The molecule has 0 amide bonds. The van der Waals surface area contributed by atoms with Crippen molar-refractivity contribution in [2.75, 3.05) is 4.72 Å². The molecule has 0 aliphatic carbocycles. The van der Waals surface area contributed by atoms with Crippen LogP contribution in [0.2, 0.25) is 4.34 Å².